The standard InChI is InChI=1S/C46H87NO7/c1-6-8-10-12-14-16-18-20-22-23-25-26-28-30-32-34-36-44(48)53-41-42(40-52-39-38-43(46(50)51)47(3,4)5)54-45(49)37-35-33-31-29-27-24-21-19-17-15-13-11-9-7-2/h24,27,42-43H,6-23,25-26,28-41H2,1-5H3/b27-24+. The van der Waals surface area contributed by atoms with E-state index in [1.807, 2.05) is 0 Å². The van der Waals surface area contributed by atoms with E-state index in [9.17, 15) is 19.5 Å². The molecule has 0 aromatic rings. The summed E-state index contributed by atoms with van der Waals surface area (Å²) in [6, 6.07) is -0.723. The van der Waals surface area contributed by atoms with Gasteiger partial charge in [-0.1, -0.05) is 167 Å². The number of carbonyl (C=O) groups is 3. The number of carboxylic acids is 1. The molecule has 0 aromatic carbocycles. The summed E-state index contributed by atoms with van der Waals surface area (Å²) < 4.78 is 17.2. The van der Waals surface area contributed by atoms with E-state index in [1.165, 1.54) is 128 Å². The molecule has 0 N–H and O–H groups in total. The van der Waals surface area contributed by atoms with Crippen LogP contribution in [0, 0.1) is 0 Å². The van der Waals surface area contributed by atoms with Gasteiger partial charge in [0.2, 0.25) is 0 Å². The Kier molecular flexibility index (Phi) is 36.6. The highest BCUT2D eigenvalue weighted by atomic mass is 16.6. The summed E-state index contributed by atoms with van der Waals surface area (Å²) in [4.78, 5) is 36.8. The number of likely N-dealkylation sites (N-methyl/N-ethyl adjacent to an activating group) is 1. The first kappa shape index (κ1) is 52.1. The van der Waals surface area contributed by atoms with Crippen LogP contribution in [0.1, 0.15) is 213 Å². The molecule has 0 bridgehead atoms. The summed E-state index contributed by atoms with van der Waals surface area (Å²) in [6.07, 6.45) is 39.4. The van der Waals surface area contributed by atoms with Gasteiger partial charge in [-0.2, -0.15) is 0 Å². The van der Waals surface area contributed by atoms with Crippen LogP contribution in [0.5, 0.6) is 0 Å². The number of hydrogen-bond donors (Lipinski definition) is 0. The van der Waals surface area contributed by atoms with E-state index in [2.05, 4.69) is 26.0 Å². The predicted octanol–water partition coefficient (Wildman–Crippen LogP) is 11.0. The topological polar surface area (TPSA) is 102 Å². The molecule has 0 fully saturated rings. The smallest absolute Gasteiger partial charge is 0.306 e. The average molecular weight is 766 g/mol. The van der Waals surface area contributed by atoms with Gasteiger partial charge in [-0.05, 0) is 38.5 Å². The van der Waals surface area contributed by atoms with Crippen LogP contribution in [0.3, 0.4) is 0 Å². The van der Waals surface area contributed by atoms with Crippen molar-refractivity contribution in [2.24, 2.45) is 0 Å². The Bertz CT molecular complexity index is 900. The fraction of sp³-hybridized carbons (Fsp3) is 0.891. The van der Waals surface area contributed by atoms with Gasteiger partial charge in [0.25, 0.3) is 0 Å². The molecule has 0 rings (SSSR count). The number of allylic oxidation sites excluding steroid dienone is 2. The van der Waals surface area contributed by atoms with Crippen LogP contribution in [-0.2, 0) is 28.6 Å². The van der Waals surface area contributed by atoms with Gasteiger partial charge in [0.15, 0.2) is 6.10 Å². The van der Waals surface area contributed by atoms with E-state index in [-0.39, 0.29) is 42.7 Å². The molecule has 0 spiro atoms. The zero-order chi connectivity index (χ0) is 40.0. The van der Waals surface area contributed by atoms with Crippen molar-refractivity contribution >= 4 is 17.9 Å². The van der Waals surface area contributed by atoms with Crippen LogP contribution in [0.2, 0.25) is 0 Å². The first-order valence-corrected chi connectivity index (χ1v) is 22.7. The van der Waals surface area contributed by atoms with Gasteiger partial charge in [0, 0.05) is 19.3 Å². The molecule has 0 saturated heterocycles. The summed E-state index contributed by atoms with van der Waals surface area (Å²) in [6.45, 7) is 4.67. The predicted molar refractivity (Wildman–Crippen MR) is 222 cm³/mol. The maximum atomic E-state index is 12.7. The number of rotatable bonds is 41. The number of esters is 2. The van der Waals surface area contributed by atoms with Gasteiger partial charge >= 0.3 is 11.9 Å². The normalized spacial score (nSPS) is 13.0. The lowest BCUT2D eigenvalue weighted by Gasteiger charge is -2.34. The lowest BCUT2D eigenvalue weighted by molar-refractivity contribution is -0.889. The van der Waals surface area contributed by atoms with Crippen molar-refractivity contribution in [2.45, 2.75) is 225 Å². The van der Waals surface area contributed by atoms with Gasteiger partial charge in [-0.25, -0.2) is 0 Å². The van der Waals surface area contributed by atoms with Crippen molar-refractivity contribution in [2.75, 3.05) is 41.0 Å². The number of quaternary nitrogens is 1. The van der Waals surface area contributed by atoms with E-state index < -0.39 is 18.1 Å². The Hall–Kier alpha value is -1.93. The first-order chi connectivity index (χ1) is 26.1. The largest absolute Gasteiger partial charge is 0.544 e. The third-order valence-electron chi connectivity index (χ3n) is 10.4. The number of hydrogen-bond acceptors (Lipinski definition) is 7. The van der Waals surface area contributed by atoms with E-state index >= 15 is 0 Å². The Balaban J connectivity index is 4.31. The molecule has 0 amide bonds. The number of nitrogens with zero attached hydrogens (tertiary/aromatic N) is 1. The molecular weight excluding hydrogens is 679 g/mol. The Morgan fingerprint density at radius 3 is 1.35 bits per heavy atom. The SMILES string of the molecule is CCCCCCCCC/C=C/CCCCCC(=O)OC(COCCC(C(=O)[O-])[N+](C)(C)C)COC(=O)CCCCCCCCCCCCCCCCCC. The van der Waals surface area contributed by atoms with Crippen LogP contribution in [-0.4, -0.2) is 75.5 Å². The van der Waals surface area contributed by atoms with E-state index in [0.29, 0.717) is 12.8 Å². The summed E-state index contributed by atoms with van der Waals surface area (Å²) in [5.74, 6) is -1.74. The van der Waals surface area contributed by atoms with Crippen LogP contribution >= 0.6 is 0 Å². The quantitative estimate of drug-likeness (QED) is 0.0264. The van der Waals surface area contributed by atoms with Crippen LogP contribution in [0.25, 0.3) is 0 Å². The molecule has 0 aliphatic rings. The first-order valence-electron chi connectivity index (χ1n) is 22.7. The average Bonchev–Trinajstić information content (AvgIpc) is 3.12. The van der Waals surface area contributed by atoms with E-state index in [1.54, 1.807) is 21.1 Å². The van der Waals surface area contributed by atoms with Crippen LogP contribution in [0.15, 0.2) is 12.2 Å². The Labute approximate surface area is 333 Å². The minimum Gasteiger partial charge on any atom is -0.544 e. The zero-order valence-corrected chi connectivity index (χ0v) is 36.2. The van der Waals surface area contributed by atoms with Crippen LogP contribution in [0.4, 0.5) is 0 Å². The van der Waals surface area contributed by atoms with Crippen LogP contribution < -0.4 is 5.11 Å². The molecule has 54 heavy (non-hydrogen) atoms. The highest BCUT2D eigenvalue weighted by molar-refractivity contribution is 5.70. The molecule has 2 atom stereocenters. The number of carbonyl (C=O) groups excluding carboxylic acids is 3. The lowest BCUT2D eigenvalue weighted by atomic mass is 10.0. The van der Waals surface area contributed by atoms with E-state index in [0.717, 1.165) is 51.4 Å². The van der Waals surface area contributed by atoms with Crippen molar-refractivity contribution < 1.29 is 38.2 Å². The second kappa shape index (κ2) is 38.0. The third kappa shape index (κ3) is 35.8. The summed E-state index contributed by atoms with van der Waals surface area (Å²) in [5, 5.41) is 11.6. The van der Waals surface area contributed by atoms with Gasteiger partial charge < -0.3 is 28.6 Å². The molecule has 0 aliphatic carbocycles. The molecule has 0 aromatic heterocycles. The van der Waals surface area contributed by atoms with Crippen molar-refractivity contribution in [3.8, 4) is 0 Å². The molecule has 0 saturated carbocycles. The minimum atomic E-state index is -1.12. The summed E-state index contributed by atoms with van der Waals surface area (Å²) in [5.41, 5.74) is 0. The number of unbranched alkanes of at least 4 members (excludes halogenated alkanes) is 25. The molecule has 0 radical (unpaired) electrons. The van der Waals surface area contributed by atoms with Gasteiger partial charge in [0.1, 0.15) is 12.6 Å². The molecule has 0 aliphatic heterocycles. The fourth-order valence-corrected chi connectivity index (χ4v) is 6.83. The number of ether oxygens (including phenoxy) is 3. The lowest BCUT2D eigenvalue weighted by Crippen LogP contribution is -2.55. The molecule has 2 unspecified atom stereocenters. The van der Waals surface area contributed by atoms with E-state index in [4.69, 9.17) is 14.2 Å². The summed E-state index contributed by atoms with van der Waals surface area (Å²) in [7, 11) is 5.41. The maximum absolute atomic E-state index is 12.7. The minimum absolute atomic E-state index is 0.0402. The Morgan fingerprint density at radius 2 is 0.926 bits per heavy atom. The van der Waals surface area contributed by atoms with Crippen molar-refractivity contribution in [3.63, 3.8) is 0 Å². The highest BCUT2D eigenvalue weighted by Crippen LogP contribution is 2.15. The van der Waals surface area contributed by atoms with Gasteiger partial charge in [-0.3, -0.25) is 9.59 Å². The molecule has 8 heteroatoms. The van der Waals surface area contributed by atoms with Crippen molar-refractivity contribution in [1.29, 1.82) is 0 Å². The molecule has 0 heterocycles. The summed E-state index contributed by atoms with van der Waals surface area (Å²) >= 11 is 0. The maximum Gasteiger partial charge on any atom is 0.306 e. The van der Waals surface area contributed by atoms with Crippen molar-refractivity contribution in [1.82, 2.24) is 0 Å². The monoisotopic (exact) mass is 766 g/mol. The highest BCUT2D eigenvalue weighted by Gasteiger charge is 2.25. The molecular formula is C46H87NO7. The second-order valence-electron chi connectivity index (χ2n) is 16.6. The zero-order valence-electron chi connectivity index (χ0n) is 36.2. The number of carboxylic acid groups (broad SMARTS) is 1. The van der Waals surface area contributed by atoms with Gasteiger partial charge in [0.05, 0.1) is 40.3 Å². The molecule has 318 valence electrons. The fourth-order valence-electron chi connectivity index (χ4n) is 6.83. The third-order valence-corrected chi connectivity index (χ3v) is 10.4. The Morgan fingerprint density at radius 1 is 0.537 bits per heavy atom. The van der Waals surface area contributed by atoms with Crippen molar-refractivity contribution in [3.05, 3.63) is 12.2 Å². The van der Waals surface area contributed by atoms with Gasteiger partial charge in [-0.15, -0.1) is 0 Å². The second-order valence-corrected chi connectivity index (χ2v) is 16.6. The number of aliphatic carboxylic acids is 1. The molecule has 8 nitrogen and oxygen atoms in total.